The summed E-state index contributed by atoms with van der Waals surface area (Å²) in [5, 5.41) is 13.2. The molecule has 1 heterocycles. The van der Waals surface area contributed by atoms with Crippen LogP contribution in [0.25, 0.3) is 0 Å². The van der Waals surface area contributed by atoms with Crippen LogP contribution in [0.2, 0.25) is 0 Å². The SMILES string of the molecule is COc1ccc(Br)cc1/C=N\n1c(C)nnc1SC. The van der Waals surface area contributed by atoms with Gasteiger partial charge in [0.25, 0.3) is 0 Å². The number of rotatable bonds is 4. The fourth-order valence-corrected chi connectivity index (χ4v) is 2.38. The second-order valence-corrected chi connectivity index (χ2v) is 5.37. The molecule has 0 aliphatic rings. The maximum Gasteiger partial charge on any atom is 0.211 e. The highest BCUT2D eigenvalue weighted by molar-refractivity contribution is 9.10. The zero-order chi connectivity index (χ0) is 13.8. The van der Waals surface area contributed by atoms with Crippen molar-refractivity contribution in [3.63, 3.8) is 0 Å². The summed E-state index contributed by atoms with van der Waals surface area (Å²) in [6.45, 7) is 1.86. The minimum atomic E-state index is 0.745. The molecule has 0 fully saturated rings. The molecule has 7 heteroatoms. The molecule has 2 aromatic rings. The van der Waals surface area contributed by atoms with E-state index < -0.39 is 0 Å². The Kier molecular flexibility index (Phi) is 4.60. The first-order valence-corrected chi connectivity index (χ1v) is 7.51. The van der Waals surface area contributed by atoms with Crippen LogP contribution < -0.4 is 4.74 Å². The molecular formula is C12H13BrN4OS. The first kappa shape index (κ1) is 14.1. The number of benzene rings is 1. The van der Waals surface area contributed by atoms with Crippen LogP contribution in [-0.4, -0.2) is 34.5 Å². The molecule has 100 valence electrons. The Morgan fingerprint density at radius 3 is 2.89 bits per heavy atom. The van der Waals surface area contributed by atoms with E-state index in [1.807, 2.05) is 31.4 Å². The molecular weight excluding hydrogens is 328 g/mol. The van der Waals surface area contributed by atoms with Crippen LogP contribution in [0.5, 0.6) is 5.75 Å². The molecule has 0 bridgehead atoms. The molecule has 19 heavy (non-hydrogen) atoms. The quantitative estimate of drug-likeness (QED) is 0.634. The zero-order valence-corrected chi connectivity index (χ0v) is 13.2. The molecule has 0 saturated heterocycles. The summed E-state index contributed by atoms with van der Waals surface area (Å²) >= 11 is 4.93. The highest BCUT2D eigenvalue weighted by atomic mass is 79.9. The number of methoxy groups -OCH3 is 1. The van der Waals surface area contributed by atoms with Gasteiger partial charge in [-0.1, -0.05) is 27.7 Å². The number of aryl methyl sites for hydroxylation is 1. The monoisotopic (exact) mass is 340 g/mol. The molecule has 0 spiro atoms. The predicted octanol–water partition coefficient (Wildman–Crippen LogP) is 2.96. The lowest BCUT2D eigenvalue weighted by Crippen LogP contribution is -1.97. The number of halogens is 1. The van der Waals surface area contributed by atoms with Gasteiger partial charge in [-0.15, -0.1) is 10.2 Å². The van der Waals surface area contributed by atoms with Crippen LogP contribution in [0, 0.1) is 6.92 Å². The van der Waals surface area contributed by atoms with Crippen molar-refractivity contribution < 1.29 is 4.74 Å². The van der Waals surface area contributed by atoms with E-state index in [0.29, 0.717) is 0 Å². The molecule has 2 rings (SSSR count). The average Bonchev–Trinajstić information content (AvgIpc) is 2.77. The van der Waals surface area contributed by atoms with Gasteiger partial charge in [-0.05, 0) is 31.4 Å². The molecule has 0 amide bonds. The van der Waals surface area contributed by atoms with Crippen LogP contribution >= 0.6 is 27.7 Å². The van der Waals surface area contributed by atoms with Gasteiger partial charge in [-0.25, -0.2) is 0 Å². The van der Waals surface area contributed by atoms with E-state index in [9.17, 15) is 0 Å². The number of ether oxygens (including phenoxy) is 1. The molecule has 0 aliphatic heterocycles. The van der Waals surface area contributed by atoms with Crippen molar-refractivity contribution in [1.29, 1.82) is 0 Å². The fraction of sp³-hybridized carbons (Fsp3) is 0.250. The third kappa shape index (κ3) is 3.16. The standard InChI is InChI=1S/C12H13BrN4OS/c1-8-15-16-12(19-3)17(8)14-7-9-6-10(13)4-5-11(9)18-2/h4-7H,1-3H3/b14-7-. The van der Waals surface area contributed by atoms with Crippen LogP contribution in [0.15, 0.2) is 32.9 Å². The van der Waals surface area contributed by atoms with Crippen molar-refractivity contribution in [3.05, 3.63) is 34.1 Å². The van der Waals surface area contributed by atoms with Gasteiger partial charge in [0.2, 0.25) is 5.16 Å². The molecule has 0 radical (unpaired) electrons. The van der Waals surface area contributed by atoms with Crippen LogP contribution in [0.1, 0.15) is 11.4 Å². The van der Waals surface area contributed by atoms with Gasteiger partial charge in [0, 0.05) is 10.0 Å². The predicted molar refractivity (Wildman–Crippen MR) is 80.2 cm³/mol. The van der Waals surface area contributed by atoms with Crippen LogP contribution in [0.4, 0.5) is 0 Å². The topological polar surface area (TPSA) is 52.3 Å². The first-order chi connectivity index (χ1) is 9.15. The number of aromatic nitrogens is 3. The lowest BCUT2D eigenvalue weighted by molar-refractivity contribution is 0.414. The van der Waals surface area contributed by atoms with Crippen LogP contribution in [-0.2, 0) is 0 Å². The van der Waals surface area contributed by atoms with Gasteiger partial charge >= 0.3 is 0 Å². The van der Waals surface area contributed by atoms with E-state index in [4.69, 9.17) is 4.74 Å². The van der Waals surface area contributed by atoms with Crippen molar-refractivity contribution in [1.82, 2.24) is 14.9 Å². The minimum Gasteiger partial charge on any atom is -0.496 e. The number of nitrogens with zero attached hydrogens (tertiary/aromatic N) is 4. The summed E-state index contributed by atoms with van der Waals surface area (Å²) < 4.78 is 7.97. The van der Waals surface area contributed by atoms with Gasteiger partial charge in [0.05, 0.1) is 13.3 Å². The Morgan fingerprint density at radius 2 is 2.21 bits per heavy atom. The molecule has 1 aromatic carbocycles. The van der Waals surface area contributed by atoms with Crippen molar-refractivity contribution in [3.8, 4) is 5.75 Å². The second-order valence-electron chi connectivity index (χ2n) is 3.68. The lowest BCUT2D eigenvalue weighted by Gasteiger charge is -2.05. The Balaban J connectivity index is 2.37. The number of thioether (sulfide) groups is 1. The summed E-state index contributed by atoms with van der Waals surface area (Å²) in [4.78, 5) is 0. The Labute approximate surface area is 124 Å². The first-order valence-electron chi connectivity index (χ1n) is 5.49. The highest BCUT2D eigenvalue weighted by Gasteiger charge is 2.06. The number of hydrogen-bond acceptors (Lipinski definition) is 5. The molecule has 1 aromatic heterocycles. The normalized spacial score (nSPS) is 11.2. The van der Waals surface area contributed by atoms with Crippen molar-refractivity contribution in [2.75, 3.05) is 13.4 Å². The molecule has 5 nitrogen and oxygen atoms in total. The third-order valence-electron chi connectivity index (χ3n) is 2.45. The maximum atomic E-state index is 5.30. The second kappa shape index (κ2) is 6.21. The van der Waals surface area contributed by atoms with E-state index >= 15 is 0 Å². The molecule has 0 aliphatic carbocycles. The number of hydrogen-bond donors (Lipinski definition) is 0. The van der Waals surface area contributed by atoms with Crippen LogP contribution in [0.3, 0.4) is 0 Å². The van der Waals surface area contributed by atoms with Crippen molar-refractivity contribution in [2.24, 2.45) is 5.10 Å². The van der Waals surface area contributed by atoms with Gasteiger partial charge in [-0.3, -0.25) is 0 Å². The summed E-state index contributed by atoms with van der Waals surface area (Å²) in [5.41, 5.74) is 0.886. The van der Waals surface area contributed by atoms with Gasteiger partial charge in [0.15, 0.2) is 5.82 Å². The van der Waals surface area contributed by atoms with E-state index in [0.717, 1.165) is 26.8 Å². The maximum absolute atomic E-state index is 5.30. The largest absolute Gasteiger partial charge is 0.496 e. The minimum absolute atomic E-state index is 0.745. The summed E-state index contributed by atoms with van der Waals surface area (Å²) in [5.74, 6) is 1.51. The average molecular weight is 341 g/mol. The molecule has 0 unspecified atom stereocenters. The Morgan fingerprint density at radius 1 is 1.42 bits per heavy atom. The fourth-order valence-electron chi connectivity index (χ4n) is 1.52. The molecule has 0 N–H and O–H groups in total. The zero-order valence-electron chi connectivity index (χ0n) is 10.8. The van der Waals surface area contributed by atoms with Gasteiger partial charge < -0.3 is 4.74 Å². The lowest BCUT2D eigenvalue weighted by atomic mass is 10.2. The highest BCUT2D eigenvalue weighted by Crippen LogP contribution is 2.21. The van der Waals surface area contributed by atoms with Crippen molar-refractivity contribution in [2.45, 2.75) is 12.1 Å². The van der Waals surface area contributed by atoms with Gasteiger partial charge in [0.1, 0.15) is 5.75 Å². The molecule has 0 atom stereocenters. The van der Waals surface area contributed by atoms with E-state index in [1.165, 1.54) is 11.8 Å². The van der Waals surface area contributed by atoms with Crippen molar-refractivity contribution >= 4 is 33.9 Å². The third-order valence-corrected chi connectivity index (χ3v) is 3.57. The smallest absolute Gasteiger partial charge is 0.211 e. The summed E-state index contributed by atoms with van der Waals surface area (Å²) in [6, 6.07) is 5.76. The van der Waals surface area contributed by atoms with E-state index in [2.05, 4.69) is 31.2 Å². The Bertz CT molecular complexity index is 612. The summed E-state index contributed by atoms with van der Waals surface area (Å²) in [7, 11) is 1.64. The van der Waals surface area contributed by atoms with Gasteiger partial charge in [-0.2, -0.15) is 9.78 Å². The Hall–Kier alpha value is -1.34. The van der Waals surface area contributed by atoms with E-state index in [1.54, 1.807) is 18.0 Å². The summed E-state index contributed by atoms with van der Waals surface area (Å²) in [6.07, 6.45) is 3.68. The van der Waals surface area contributed by atoms with E-state index in [-0.39, 0.29) is 0 Å². The molecule has 0 saturated carbocycles.